The third-order valence-corrected chi connectivity index (χ3v) is 4.42. The first-order valence-electron chi connectivity index (χ1n) is 10.0. The minimum Gasteiger partial charge on any atom is -0.493 e. The van der Waals surface area contributed by atoms with Crippen LogP contribution >= 0.6 is 0 Å². The molecule has 9 heteroatoms. The molecular weight excluding hydrogens is 402 g/mol. The quantitative estimate of drug-likeness (QED) is 0.475. The lowest BCUT2D eigenvalue weighted by molar-refractivity contribution is 0.0474. The van der Waals surface area contributed by atoms with Gasteiger partial charge in [-0.05, 0) is 36.1 Å². The standard InChI is InChI=1S/C22H29N3O6/c1-13(2)10-25-19(23)18(20(27)24(5)22(25)29)17(26)12-31-21(28)15-6-8-16(9-7-15)30-11-14(3)4/h6-9,13-14H,10-12,23H2,1-5H3. The van der Waals surface area contributed by atoms with Crippen LogP contribution in [0.4, 0.5) is 5.82 Å². The molecule has 0 spiro atoms. The zero-order valence-corrected chi connectivity index (χ0v) is 18.5. The minimum atomic E-state index is -0.824. The molecule has 0 bridgehead atoms. The Kier molecular flexibility index (Phi) is 7.79. The molecular formula is C22H29N3O6. The normalized spacial score (nSPS) is 11.1. The molecule has 1 aromatic heterocycles. The van der Waals surface area contributed by atoms with Crippen molar-refractivity contribution in [3.05, 3.63) is 56.2 Å². The van der Waals surface area contributed by atoms with Gasteiger partial charge in [0.25, 0.3) is 5.56 Å². The van der Waals surface area contributed by atoms with Crippen molar-refractivity contribution in [2.45, 2.75) is 34.2 Å². The van der Waals surface area contributed by atoms with E-state index < -0.39 is 29.6 Å². The summed E-state index contributed by atoms with van der Waals surface area (Å²) in [4.78, 5) is 49.7. The van der Waals surface area contributed by atoms with Crippen LogP contribution in [0.3, 0.4) is 0 Å². The molecule has 168 valence electrons. The number of rotatable bonds is 9. The van der Waals surface area contributed by atoms with E-state index in [2.05, 4.69) is 0 Å². The Balaban J connectivity index is 2.15. The highest BCUT2D eigenvalue weighted by Crippen LogP contribution is 2.14. The Hall–Kier alpha value is -3.36. The predicted molar refractivity (Wildman–Crippen MR) is 117 cm³/mol. The molecule has 2 aromatic rings. The molecule has 0 aliphatic heterocycles. The van der Waals surface area contributed by atoms with Gasteiger partial charge >= 0.3 is 11.7 Å². The first-order valence-corrected chi connectivity index (χ1v) is 10.0. The molecule has 0 aliphatic carbocycles. The van der Waals surface area contributed by atoms with Crippen molar-refractivity contribution in [1.29, 1.82) is 0 Å². The van der Waals surface area contributed by atoms with Crippen LogP contribution in [-0.4, -0.2) is 34.1 Å². The van der Waals surface area contributed by atoms with Gasteiger partial charge in [0, 0.05) is 13.6 Å². The molecule has 1 aromatic carbocycles. The molecule has 2 rings (SSSR count). The van der Waals surface area contributed by atoms with Gasteiger partial charge in [-0.3, -0.25) is 18.7 Å². The SMILES string of the molecule is CC(C)COc1ccc(C(=O)OCC(=O)c2c(N)n(CC(C)C)c(=O)n(C)c2=O)cc1. The van der Waals surface area contributed by atoms with Crippen LogP contribution in [0.5, 0.6) is 5.75 Å². The Bertz CT molecular complexity index is 1060. The summed E-state index contributed by atoms with van der Waals surface area (Å²) >= 11 is 0. The number of carbonyl (C=O) groups excluding carboxylic acids is 2. The fourth-order valence-corrected chi connectivity index (χ4v) is 2.82. The molecule has 0 atom stereocenters. The van der Waals surface area contributed by atoms with E-state index in [1.807, 2.05) is 27.7 Å². The van der Waals surface area contributed by atoms with Crippen molar-refractivity contribution in [3.63, 3.8) is 0 Å². The smallest absolute Gasteiger partial charge is 0.338 e. The molecule has 0 amide bonds. The number of nitrogens with zero attached hydrogens (tertiary/aromatic N) is 2. The van der Waals surface area contributed by atoms with Crippen molar-refractivity contribution in [2.24, 2.45) is 18.9 Å². The Morgan fingerprint density at radius 2 is 1.65 bits per heavy atom. The molecule has 31 heavy (non-hydrogen) atoms. The number of carbonyl (C=O) groups is 2. The summed E-state index contributed by atoms with van der Waals surface area (Å²) in [5.74, 6) is -0.688. The van der Waals surface area contributed by atoms with Gasteiger partial charge < -0.3 is 15.2 Å². The fourth-order valence-electron chi connectivity index (χ4n) is 2.82. The molecule has 0 radical (unpaired) electrons. The average molecular weight is 431 g/mol. The first kappa shape index (κ1) is 23.9. The highest BCUT2D eigenvalue weighted by Gasteiger charge is 2.23. The van der Waals surface area contributed by atoms with E-state index in [-0.39, 0.29) is 29.4 Å². The second-order valence-corrected chi connectivity index (χ2v) is 8.14. The second kappa shape index (κ2) is 10.1. The lowest BCUT2D eigenvalue weighted by atomic mass is 10.1. The molecule has 9 nitrogen and oxygen atoms in total. The lowest BCUT2D eigenvalue weighted by Gasteiger charge is -2.16. The number of aromatic nitrogens is 2. The van der Waals surface area contributed by atoms with Crippen molar-refractivity contribution in [2.75, 3.05) is 18.9 Å². The van der Waals surface area contributed by atoms with Gasteiger partial charge in [0.15, 0.2) is 6.61 Å². The zero-order chi connectivity index (χ0) is 23.3. The van der Waals surface area contributed by atoms with Gasteiger partial charge in [0.1, 0.15) is 17.1 Å². The fraction of sp³-hybridized carbons (Fsp3) is 0.455. The Labute approximate surface area is 180 Å². The minimum absolute atomic E-state index is 0.0609. The zero-order valence-electron chi connectivity index (χ0n) is 18.5. The summed E-state index contributed by atoms with van der Waals surface area (Å²) in [6, 6.07) is 6.32. The number of benzene rings is 1. The number of ether oxygens (including phenoxy) is 2. The molecule has 0 unspecified atom stereocenters. The summed E-state index contributed by atoms with van der Waals surface area (Å²) in [5, 5.41) is 0. The van der Waals surface area contributed by atoms with Gasteiger partial charge in [-0.2, -0.15) is 0 Å². The number of hydrogen-bond acceptors (Lipinski definition) is 7. The van der Waals surface area contributed by atoms with Crippen molar-refractivity contribution in [3.8, 4) is 5.75 Å². The number of Topliss-reactive ketones (excluding diaryl/α,β-unsaturated/α-hetero) is 1. The molecule has 0 saturated heterocycles. The van der Waals surface area contributed by atoms with Gasteiger partial charge in [-0.15, -0.1) is 0 Å². The van der Waals surface area contributed by atoms with E-state index in [0.717, 1.165) is 4.57 Å². The number of hydrogen-bond donors (Lipinski definition) is 1. The van der Waals surface area contributed by atoms with E-state index in [1.54, 1.807) is 12.1 Å². The Morgan fingerprint density at radius 3 is 2.19 bits per heavy atom. The lowest BCUT2D eigenvalue weighted by Crippen LogP contribution is -2.43. The summed E-state index contributed by atoms with van der Waals surface area (Å²) in [5.41, 5.74) is 4.39. The summed E-state index contributed by atoms with van der Waals surface area (Å²) in [6.07, 6.45) is 0. The average Bonchev–Trinajstić information content (AvgIpc) is 2.72. The number of nitrogen functional groups attached to an aromatic ring is 1. The Morgan fingerprint density at radius 1 is 1.03 bits per heavy atom. The van der Waals surface area contributed by atoms with Gasteiger partial charge in [0.2, 0.25) is 5.78 Å². The third kappa shape index (κ3) is 5.84. The predicted octanol–water partition coefficient (Wildman–Crippen LogP) is 1.86. The van der Waals surface area contributed by atoms with Gasteiger partial charge in [-0.25, -0.2) is 9.59 Å². The highest BCUT2D eigenvalue weighted by molar-refractivity contribution is 6.02. The number of nitrogens with two attached hydrogens (primary N) is 1. The second-order valence-electron chi connectivity index (χ2n) is 8.14. The van der Waals surface area contributed by atoms with E-state index >= 15 is 0 Å². The van der Waals surface area contributed by atoms with Gasteiger partial charge in [-0.1, -0.05) is 27.7 Å². The van der Waals surface area contributed by atoms with Crippen LogP contribution in [0.1, 0.15) is 48.4 Å². The maximum Gasteiger partial charge on any atom is 0.338 e. The summed E-state index contributed by atoms with van der Waals surface area (Å²) in [7, 11) is 1.27. The van der Waals surface area contributed by atoms with Crippen molar-refractivity contribution < 1.29 is 19.1 Å². The molecule has 0 fully saturated rings. The van der Waals surface area contributed by atoms with E-state index in [4.69, 9.17) is 15.2 Å². The highest BCUT2D eigenvalue weighted by atomic mass is 16.5. The van der Waals surface area contributed by atoms with E-state index in [1.165, 1.54) is 23.7 Å². The van der Waals surface area contributed by atoms with Crippen LogP contribution in [0.2, 0.25) is 0 Å². The topological polar surface area (TPSA) is 123 Å². The maximum atomic E-state index is 12.6. The molecule has 1 heterocycles. The van der Waals surface area contributed by atoms with Crippen molar-refractivity contribution >= 4 is 17.6 Å². The number of anilines is 1. The van der Waals surface area contributed by atoms with Gasteiger partial charge in [0.05, 0.1) is 12.2 Å². The monoisotopic (exact) mass is 431 g/mol. The molecule has 0 saturated carbocycles. The largest absolute Gasteiger partial charge is 0.493 e. The summed E-state index contributed by atoms with van der Waals surface area (Å²) < 4.78 is 12.6. The van der Waals surface area contributed by atoms with Crippen LogP contribution < -0.4 is 21.7 Å². The first-order chi connectivity index (χ1) is 14.5. The van der Waals surface area contributed by atoms with Crippen LogP contribution in [-0.2, 0) is 18.3 Å². The van der Waals surface area contributed by atoms with E-state index in [0.29, 0.717) is 18.3 Å². The molecule has 2 N–H and O–H groups in total. The number of ketones is 1. The number of esters is 1. The van der Waals surface area contributed by atoms with Crippen LogP contribution in [0.15, 0.2) is 33.9 Å². The van der Waals surface area contributed by atoms with E-state index in [9.17, 15) is 19.2 Å². The summed E-state index contributed by atoms with van der Waals surface area (Å²) in [6.45, 7) is 7.91. The maximum absolute atomic E-state index is 12.6. The van der Waals surface area contributed by atoms with Crippen molar-refractivity contribution in [1.82, 2.24) is 9.13 Å². The third-order valence-electron chi connectivity index (χ3n) is 4.42. The van der Waals surface area contributed by atoms with Crippen LogP contribution in [0, 0.1) is 11.8 Å². The molecule has 0 aliphatic rings. The van der Waals surface area contributed by atoms with Crippen LogP contribution in [0.25, 0.3) is 0 Å².